The summed E-state index contributed by atoms with van der Waals surface area (Å²) in [4.78, 5) is 41.6. The number of nitrogens with zero attached hydrogens (tertiary/aromatic N) is 1. The SMILES string of the molecule is CC=C(C)C(=O)O[C@@]1(C)CC=C[C@@H](C2CC(N)[NH2+]CC2CC(=O)N2CC[C@@H]2CCC(C)C)[C@@]12CC1CC3CCC(=O)OC3CC1O2. The first-order chi connectivity index (χ1) is 21.9. The molecule has 11 atom stereocenters. The number of likely N-dealkylation sites (tertiary alicyclic amines) is 1. The number of hydrogen-bond acceptors (Lipinski definition) is 7. The molecule has 0 radical (unpaired) electrons. The molecule has 256 valence electrons. The molecule has 4 N–H and O–H groups in total. The van der Waals surface area contributed by atoms with E-state index in [-0.39, 0.29) is 54.0 Å². The third-order valence-electron chi connectivity index (χ3n) is 12.7. The average molecular weight is 641 g/mol. The van der Waals surface area contributed by atoms with Crippen molar-refractivity contribution in [2.45, 2.75) is 141 Å². The monoisotopic (exact) mass is 640 g/mol. The summed E-state index contributed by atoms with van der Waals surface area (Å²) in [6, 6.07) is 0.362. The van der Waals surface area contributed by atoms with Crippen molar-refractivity contribution in [1.82, 2.24) is 4.90 Å². The molecule has 0 aromatic rings. The molecule has 0 bridgehead atoms. The minimum absolute atomic E-state index is 0.0587. The van der Waals surface area contributed by atoms with Crippen molar-refractivity contribution in [2.75, 3.05) is 13.1 Å². The molecule has 9 heteroatoms. The summed E-state index contributed by atoms with van der Waals surface area (Å²) in [5, 5.41) is 2.20. The van der Waals surface area contributed by atoms with Gasteiger partial charge in [0, 0.05) is 62.1 Å². The molecule has 46 heavy (non-hydrogen) atoms. The highest BCUT2D eigenvalue weighted by molar-refractivity contribution is 5.88. The van der Waals surface area contributed by atoms with Crippen LogP contribution in [0.1, 0.15) is 105 Å². The zero-order chi connectivity index (χ0) is 32.8. The number of carbonyl (C=O) groups is 3. The first kappa shape index (κ1) is 33.7. The average Bonchev–Trinajstić information content (AvgIpc) is 3.36. The number of fused-ring (bicyclic) bond motifs is 2. The molecule has 4 saturated heterocycles. The summed E-state index contributed by atoms with van der Waals surface area (Å²) in [6.45, 7) is 11.9. The molecular formula is C37H58N3O6+. The van der Waals surface area contributed by atoms with Crippen LogP contribution in [-0.4, -0.2) is 71.5 Å². The number of nitrogens with two attached hydrogens (primary N) is 2. The Kier molecular flexibility index (Phi) is 9.77. The van der Waals surface area contributed by atoms with Gasteiger partial charge in [-0.2, -0.15) is 0 Å². The Labute approximate surface area is 275 Å². The Hall–Kier alpha value is -2.23. The molecule has 0 aromatic heterocycles. The summed E-state index contributed by atoms with van der Waals surface area (Å²) in [5.41, 5.74) is 5.57. The van der Waals surface area contributed by atoms with E-state index in [1.807, 2.05) is 6.92 Å². The summed E-state index contributed by atoms with van der Waals surface area (Å²) >= 11 is 0. The highest BCUT2D eigenvalue weighted by Gasteiger charge is 2.66. The Morgan fingerprint density at radius 2 is 2.00 bits per heavy atom. The van der Waals surface area contributed by atoms with Crippen LogP contribution in [0.25, 0.3) is 0 Å². The quantitative estimate of drug-likeness (QED) is 0.234. The van der Waals surface area contributed by atoms with Gasteiger partial charge in [0.15, 0.2) is 0 Å². The number of ether oxygens (including phenoxy) is 3. The zero-order valence-electron chi connectivity index (χ0n) is 28.7. The molecule has 1 amide bonds. The Morgan fingerprint density at radius 3 is 2.72 bits per heavy atom. The lowest BCUT2D eigenvalue weighted by atomic mass is 9.58. The van der Waals surface area contributed by atoms with E-state index in [9.17, 15) is 14.4 Å². The molecule has 4 aliphatic heterocycles. The van der Waals surface area contributed by atoms with Crippen molar-refractivity contribution < 1.29 is 33.9 Å². The minimum atomic E-state index is -0.897. The van der Waals surface area contributed by atoms with E-state index < -0.39 is 11.2 Å². The predicted octanol–water partition coefficient (Wildman–Crippen LogP) is 4.00. The summed E-state index contributed by atoms with van der Waals surface area (Å²) in [6.07, 6.45) is 14.9. The minimum Gasteiger partial charge on any atom is -0.462 e. The van der Waals surface area contributed by atoms with Gasteiger partial charge in [-0.3, -0.25) is 15.3 Å². The van der Waals surface area contributed by atoms with Gasteiger partial charge in [0.2, 0.25) is 5.91 Å². The first-order valence-corrected chi connectivity index (χ1v) is 18.2. The Morgan fingerprint density at radius 1 is 1.20 bits per heavy atom. The molecule has 2 aliphatic carbocycles. The molecular weight excluding hydrogens is 582 g/mol. The molecule has 5 fully saturated rings. The van der Waals surface area contributed by atoms with E-state index in [4.69, 9.17) is 19.9 Å². The molecule has 1 saturated carbocycles. The van der Waals surface area contributed by atoms with E-state index in [2.05, 4.69) is 43.1 Å². The highest BCUT2D eigenvalue weighted by atomic mass is 16.6. The van der Waals surface area contributed by atoms with Crippen LogP contribution < -0.4 is 11.1 Å². The van der Waals surface area contributed by atoms with Crippen LogP contribution in [0.2, 0.25) is 0 Å². The van der Waals surface area contributed by atoms with Crippen molar-refractivity contribution >= 4 is 17.8 Å². The Bertz CT molecular complexity index is 1230. The number of piperidine rings is 1. The predicted molar refractivity (Wildman–Crippen MR) is 174 cm³/mol. The summed E-state index contributed by atoms with van der Waals surface area (Å²) in [5.74, 6) is 1.29. The zero-order valence-corrected chi connectivity index (χ0v) is 28.7. The molecule has 6 aliphatic rings. The molecule has 0 aromatic carbocycles. The number of amides is 1. The van der Waals surface area contributed by atoms with Crippen molar-refractivity contribution in [1.29, 1.82) is 0 Å². The maximum atomic E-state index is 13.8. The van der Waals surface area contributed by atoms with Crippen LogP contribution >= 0.6 is 0 Å². The van der Waals surface area contributed by atoms with Gasteiger partial charge in [-0.25, -0.2) is 4.79 Å². The number of quaternary nitrogens is 1. The third kappa shape index (κ3) is 6.33. The molecule has 9 nitrogen and oxygen atoms in total. The number of rotatable bonds is 8. The van der Waals surface area contributed by atoms with Gasteiger partial charge in [-0.1, -0.05) is 32.1 Å². The fourth-order valence-corrected chi connectivity index (χ4v) is 9.79. The highest BCUT2D eigenvalue weighted by Crippen LogP contribution is 2.59. The summed E-state index contributed by atoms with van der Waals surface area (Å²) in [7, 11) is 0. The maximum absolute atomic E-state index is 13.8. The van der Waals surface area contributed by atoms with Gasteiger partial charge in [0.1, 0.15) is 23.5 Å². The van der Waals surface area contributed by atoms with Crippen LogP contribution in [0.15, 0.2) is 23.8 Å². The molecule has 7 unspecified atom stereocenters. The largest absolute Gasteiger partial charge is 0.462 e. The fraction of sp³-hybridized carbons (Fsp3) is 0.811. The van der Waals surface area contributed by atoms with Crippen molar-refractivity contribution in [2.24, 2.45) is 41.2 Å². The van der Waals surface area contributed by atoms with E-state index in [0.717, 1.165) is 58.0 Å². The standard InChI is InChI=1S/C37H57N3O6/c1-6-23(4)35(43)46-36(5)14-7-8-29(37(36)20-25-16-24-10-12-34(42)44-30(24)19-31(25)45-37)28-18-32(38)39-21-26(28)17-33(41)40-15-13-27(40)11-9-22(2)3/h6-8,22,24-32,39H,9-21,38H2,1-5H3/p+1/t24?,25?,26?,27-,28?,29-,30?,31?,32?,36-,37-/m0/s1. The normalized spacial score (nSPS) is 42.3. The fourth-order valence-electron chi connectivity index (χ4n) is 9.79. The number of hydrogen-bond donors (Lipinski definition) is 2. The lowest BCUT2D eigenvalue weighted by Gasteiger charge is -2.54. The van der Waals surface area contributed by atoms with Gasteiger partial charge >= 0.3 is 11.9 Å². The maximum Gasteiger partial charge on any atom is 0.334 e. The number of esters is 2. The van der Waals surface area contributed by atoms with E-state index in [0.29, 0.717) is 55.1 Å². The molecule has 1 spiro atoms. The van der Waals surface area contributed by atoms with E-state index >= 15 is 0 Å². The van der Waals surface area contributed by atoms with Crippen molar-refractivity contribution in [3.05, 3.63) is 23.8 Å². The van der Waals surface area contributed by atoms with Crippen molar-refractivity contribution in [3.8, 4) is 0 Å². The van der Waals surface area contributed by atoms with Gasteiger partial charge in [0.25, 0.3) is 0 Å². The topological polar surface area (TPSA) is 125 Å². The van der Waals surface area contributed by atoms with Crippen LogP contribution in [0, 0.1) is 35.5 Å². The van der Waals surface area contributed by atoms with Crippen LogP contribution in [0.5, 0.6) is 0 Å². The van der Waals surface area contributed by atoms with Gasteiger partial charge in [-0.05, 0) is 83.0 Å². The molecule has 4 heterocycles. The van der Waals surface area contributed by atoms with Gasteiger partial charge in [0.05, 0.1) is 12.6 Å². The number of allylic oxidation sites excluding steroid dienone is 1. The lowest BCUT2D eigenvalue weighted by molar-refractivity contribution is -0.706. The van der Waals surface area contributed by atoms with Gasteiger partial charge < -0.3 is 24.4 Å². The third-order valence-corrected chi connectivity index (χ3v) is 12.7. The smallest absolute Gasteiger partial charge is 0.334 e. The molecule has 6 rings (SSSR count). The van der Waals surface area contributed by atoms with Gasteiger partial charge in [-0.15, -0.1) is 0 Å². The second-order valence-electron chi connectivity index (χ2n) is 16.1. The Balaban J connectivity index is 1.30. The second-order valence-corrected chi connectivity index (χ2v) is 16.1. The van der Waals surface area contributed by atoms with Crippen LogP contribution in [0.4, 0.5) is 0 Å². The van der Waals surface area contributed by atoms with E-state index in [1.54, 1.807) is 13.0 Å². The first-order valence-electron chi connectivity index (χ1n) is 18.2. The van der Waals surface area contributed by atoms with Crippen LogP contribution in [0.3, 0.4) is 0 Å². The second kappa shape index (κ2) is 13.3. The summed E-state index contributed by atoms with van der Waals surface area (Å²) < 4.78 is 19.7. The lowest BCUT2D eigenvalue weighted by Crippen LogP contribution is -2.96. The van der Waals surface area contributed by atoms with Crippen LogP contribution in [-0.2, 0) is 28.6 Å². The van der Waals surface area contributed by atoms with E-state index in [1.165, 1.54) is 0 Å². The van der Waals surface area contributed by atoms with Crippen molar-refractivity contribution in [3.63, 3.8) is 0 Å². The number of carbonyl (C=O) groups excluding carboxylic acids is 3.